The van der Waals surface area contributed by atoms with Gasteiger partial charge in [-0.3, -0.25) is 15.4 Å². The summed E-state index contributed by atoms with van der Waals surface area (Å²) in [6.45, 7) is 2.06. The van der Waals surface area contributed by atoms with Crippen LogP contribution in [0, 0.1) is 10.1 Å². The molecule has 0 fully saturated rings. The monoisotopic (exact) mass is 392 g/mol. The van der Waals surface area contributed by atoms with Gasteiger partial charge >= 0.3 is 0 Å². The fraction of sp³-hybridized carbons (Fsp3) is 0.217. The first-order valence-electron chi connectivity index (χ1n) is 9.30. The van der Waals surface area contributed by atoms with Crippen LogP contribution in [0.2, 0.25) is 0 Å². The number of ether oxygens (including phenoxy) is 2. The molecule has 0 spiro atoms. The van der Waals surface area contributed by atoms with Crippen molar-refractivity contribution in [1.82, 2.24) is 5.32 Å². The number of nitro groups is 1. The average molecular weight is 392 g/mol. The Bertz CT molecular complexity index is 973. The Labute approximate surface area is 170 Å². The van der Waals surface area contributed by atoms with Crippen molar-refractivity contribution in [3.63, 3.8) is 0 Å². The molecule has 6 heteroatoms. The van der Waals surface area contributed by atoms with Crippen LogP contribution in [0.1, 0.15) is 35.7 Å². The maximum absolute atomic E-state index is 11.3. The van der Waals surface area contributed by atoms with Crippen LogP contribution in [-0.2, 0) is 0 Å². The summed E-state index contributed by atoms with van der Waals surface area (Å²) in [7, 11) is 3.26. The molecule has 0 aliphatic rings. The number of nitro benzene ring substituents is 1. The van der Waals surface area contributed by atoms with Gasteiger partial charge < -0.3 is 9.47 Å². The number of nitrogens with one attached hydrogen (secondary N) is 1. The topological polar surface area (TPSA) is 73.6 Å². The minimum absolute atomic E-state index is 0.0172. The van der Waals surface area contributed by atoms with Gasteiger partial charge in [-0.2, -0.15) is 0 Å². The summed E-state index contributed by atoms with van der Waals surface area (Å²) in [5.41, 5.74) is 2.94. The van der Waals surface area contributed by atoms with Crippen molar-refractivity contribution in [3.05, 3.63) is 99.6 Å². The Morgan fingerprint density at radius 1 is 0.828 bits per heavy atom. The largest absolute Gasteiger partial charge is 0.497 e. The second-order valence-corrected chi connectivity index (χ2v) is 6.72. The molecule has 3 rings (SSSR count). The van der Waals surface area contributed by atoms with Crippen LogP contribution in [0.3, 0.4) is 0 Å². The van der Waals surface area contributed by atoms with Gasteiger partial charge in [0.25, 0.3) is 5.69 Å². The lowest BCUT2D eigenvalue weighted by Crippen LogP contribution is -2.25. The van der Waals surface area contributed by atoms with Crippen LogP contribution in [0.15, 0.2) is 72.8 Å². The van der Waals surface area contributed by atoms with E-state index in [9.17, 15) is 10.1 Å². The average Bonchev–Trinajstić information content (AvgIpc) is 2.77. The molecule has 0 aliphatic heterocycles. The normalized spacial score (nSPS) is 12.8. The Morgan fingerprint density at radius 2 is 1.48 bits per heavy atom. The molecular formula is C23H24N2O4. The molecule has 0 aromatic heterocycles. The Morgan fingerprint density at radius 3 is 2.14 bits per heavy atom. The maximum Gasteiger partial charge on any atom is 0.269 e. The number of non-ortho nitro benzene ring substituents is 1. The second-order valence-electron chi connectivity index (χ2n) is 6.72. The van der Waals surface area contributed by atoms with Crippen molar-refractivity contribution in [2.75, 3.05) is 14.2 Å². The molecule has 6 nitrogen and oxygen atoms in total. The van der Waals surface area contributed by atoms with E-state index < -0.39 is 0 Å². The predicted molar refractivity (Wildman–Crippen MR) is 112 cm³/mol. The quantitative estimate of drug-likeness (QED) is 0.429. The number of hydrogen-bond acceptors (Lipinski definition) is 5. The van der Waals surface area contributed by atoms with Gasteiger partial charge in [0.2, 0.25) is 0 Å². The maximum atomic E-state index is 11.3. The fourth-order valence-electron chi connectivity index (χ4n) is 3.26. The van der Waals surface area contributed by atoms with Gasteiger partial charge in [-0.1, -0.05) is 36.4 Å². The standard InChI is InChI=1S/C23H24N2O4/c1-16(18-6-5-9-22(15-18)29-3)24-23(17-10-12-21(28-2)13-11-17)19-7-4-8-20(14-19)25(26)27/h4-16,23-24H,1-3H3/t16-,23?/m1/s1. The van der Waals surface area contributed by atoms with Crippen molar-refractivity contribution < 1.29 is 14.4 Å². The van der Waals surface area contributed by atoms with Gasteiger partial charge in [0, 0.05) is 18.2 Å². The van der Waals surface area contributed by atoms with Gasteiger partial charge in [-0.25, -0.2) is 0 Å². The molecule has 0 saturated heterocycles. The molecule has 0 bridgehead atoms. The Hall–Kier alpha value is -3.38. The fourth-order valence-corrected chi connectivity index (χ4v) is 3.26. The van der Waals surface area contributed by atoms with E-state index in [-0.39, 0.29) is 22.7 Å². The first-order chi connectivity index (χ1) is 14.0. The summed E-state index contributed by atoms with van der Waals surface area (Å²) >= 11 is 0. The minimum atomic E-state index is -0.375. The minimum Gasteiger partial charge on any atom is -0.497 e. The third kappa shape index (κ3) is 4.92. The van der Waals surface area contributed by atoms with E-state index in [2.05, 4.69) is 12.2 Å². The molecule has 29 heavy (non-hydrogen) atoms. The van der Waals surface area contributed by atoms with E-state index in [0.29, 0.717) is 0 Å². The van der Waals surface area contributed by atoms with Crippen LogP contribution in [0.25, 0.3) is 0 Å². The van der Waals surface area contributed by atoms with E-state index in [1.165, 1.54) is 6.07 Å². The highest BCUT2D eigenvalue weighted by Crippen LogP contribution is 2.30. The number of methoxy groups -OCH3 is 2. The molecule has 3 aromatic rings. The van der Waals surface area contributed by atoms with Crippen LogP contribution < -0.4 is 14.8 Å². The van der Waals surface area contributed by atoms with Gasteiger partial charge in [0.1, 0.15) is 11.5 Å². The first-order valence-corrected chi connectivity index (χ1v) is 9.30. The van der Waals surface area contributed by atoms with E-state index in [1.807, 2.05) is 54.6 Å². The lowest BCUT2D eigenvalue weighted by molar-refractivity contribution is -0.384. The SMILES string of the molecule is COc1ccc(C(N[C@H](C)c2cccc(OC)c2)c2cccc([N+](=O)[O-])c2)cc1. The molecular weight excluding hydrogens is 368 g/mol. The smallest absolute Gasteiger partial charge is 0.269 e. The molecule has 0 amide bonds. The summed E-state index contributed by atoms with van der Waals surface area (Å²) in [4.78, 5) is 10.9. The second kappa shape index (κ2) is 9.21. The molecule has 3 aromatic carbocycles. The number of hydrogen-bond donors (Lipinski definition) is 1. The van der Waals surface area contributed by atoms with Crippen LogP contribution in [0.5, 0.6) is 11.5 Å². The van der Waals surface area contributed by atoms with Gasteiger partial charge in [0.15, 0.2) is 0 Å². The highest BCUT2D eigenvalue weighted by Gasteiger charge is 2.20. The molecule has 0 saturated carbocycles. The third-order valence-electron chi connectivity index (χ3n) is 4.87. The Balaban J connectivity index is 1.97. The zero-order valence-electron chi connectivity index (χ0n) is 16.7. The molecule has 1 unspecified atom stereocenters. The van der Waals surface area contributed by atoms with Gasteiger partial charge in [0.05, 0.1) is 25.2 Å². The number of benzene rings is 3. The lowest BCUT2D eigenvalue weighted by Gasteiger charge is -2.25. The van der Waals surface area contributed by atoms with Crippen molar-refractivity contribution in [3.8, 4) is 11.5 Å². The van der Waals surface area contributed by atoms with Crippen molar-refractivity contribution in [2.24, 2.45) is 0 Å². The highest BCUT2D eigenvalue weighted by atomic mass is 16.6. The van der Waals surface area contributed by atoms with E-state index in [1.54, 1.807) is 26.4 Å². The van der Waals surface area contributed by atoms with E-state index >= 15 is 0 Å². The Kier molecular flexibility index (Phi) is 6.46. The van der Waals surface area contributed by atoms with Crippen molar-refractivity contribution in [2.45, 2.75) is 19.0 Å². The van der Waals surface area contributed by atoms with Gasteiger partial charge in [-0.05, 0) is 47.9 Å². The van der Waals surface area contributed by atoms with Crippen molar-refractivity contribution in [1.29, 1.82) is 0 Å². The molecule has 0 aliphatic carbocycles. The molecule has 0 radical (unpaired) electrons. The van der Waals surface area contributed by atoms with E-state index in [4.69, 9.17) is 9.47 Å². The first kappa shape index (κ1) is 20.4. The summed E-state index contributed by atoms with van der Waals surface area (Å²) in [5.74, 6) is 1.54. The van der Waals surface area contributed by atoms with Crippen LogP contribution >= 0.6 is 0 Å². The lowest BCUT2D eigenvalue weighted by atomic mass is 9.96. The summed E-state index contributed by atoms with van der Waals surface area (Å²) in [6.07, 6.45) is 0. The molecule has 150 valence electrons. The number of rotatable bonds is 8. The summed E-state index contributed by atoms with van der Waals surface area (Å²) in [5, 5.41) is 14.9. The van der Waals surface area contributed by atoms with E-state index in [0.717, 1.165) is 28.2 Å². The van der Waals surface area contributed by atoms with Crippen LogP contribution in [0.4, 0.5) is 5.69 Å². The molecule has 1 N–H and O–H groups in total. The predicted octanol–water partition coefficient (Wildman–Crippen LogP) is 5.05. The van der Waals surface area contributed by atoms with Gasteiger partial charge in [-0.15, -0.1) is 0 Å². The molecule has 2 atom stereocenters. The highest BCUT2D eigenvalue weighted by molar-refractivity contribution is 5.42. The molecule has 0 heterocycles. The third-order valence-corrected chi connectivity index (χ3v) is 4.87. The summed E-state index contributed by atoms with van der Waals surface area (Å²) in [6, 6.07) is 22.0. The summed E-state index contributed by atoms with van der Waals surface area (Å²) < 4.78 is 10.6. The number of nitrogens with zero attached hydrogens (tertiary/aromatic N) is 1. The van der Waals surface area contributed by atoms with Crippen LogP contribution in [-0.4, -0.2) is 19.1 Å². The zero-order valence-corrected chi connectivity index (χ0v) is 16.7. The zero-order chi connectivity index (χ0) is 20.8. The van der Waals surface area contributed by atoms with Crippen molar-refractivity contribution >= 4 is 5.69 Å².